The number of benzene rings is 2. The molecule has 0 amide bonds. The van der Waals surface area contributed by atoms with Crippen LogP contribution in [0.15, 0.2) is 48.5 Å². The zero-order chi connectivity index (χ0) is 24.3. The largest absolute Gasteiger partial charge is 0.496 e. The van der Waals surface area contributed by atoms with Gasteiger partial charge in [0.2, 0.25) is 0 Å². The second-order valence-electron chi connectivity index (χ2n) is 9.84. The highest BCUT2D eigenvalue weighted by molar-refractivity contribution is 5.39. The summed E-state index contributed by atoms with van der Waals surface area (Å²) in [5.41, 5.74) is -2.58. The molecule has 0 aromatic heterocycles. The van der Waals surface area contributed by atoms with Crippen LogP contribution in [0.2, 0.25) is 0 Å². The van der Waals surface area contributed by atoms with E-state index in [0.29, 0.717) is 30.3 Å². The van der Waals surface area contributed by atoms with Crippen LogP contribution in [0.4, 0.5) is 17.6 Å². The van der Waals surface area contributed by atoms with Crippen LogP contribution in [0.3, 0.4) is 0 Å². The number of likely N-dealkylation sites (tertiary alicyclic amines) is 1. The lowest BCUT2D eigenvalue weighted by molar-refractivity contribution is -0.272. The summed E-state index contributed by atoms with van der Waals surface area (Å²) in [6.07, 6.45) is -2.96. The summed E-state index contributed by atoms with van der Waals surface area (Å²) in [5.74, 6) is 0.151. The second kappa shape index (κ2) is 10.0. The van der Waals surface area contributed by atoms with Gasteiger partial charge in [-0.1, -0.05) is 44.2 Å². The molecule has 3 rings (SSSR count). The number of hydrogen-bond acceptors (Lipinski definition) is 3. The van der Waals surface area contributed by atoms with Crippen LogP contribution in [-0.4, -0.2) is 48.5 Å². The molecule has 1 heterocycles. The average molecular weight is 468 g/mol. The third-order valence-electron chi connectivity index (χ3n) is 6.71. The van der Waals surface area contributed by atoms with E-state index in [9.17, 15) is 22.7 Å². The lowest BCUT2D eigenvalue weighted by Gasteiger charge is -2.42. The number of piperidine rings is 1. The van der Waals surface area contributed by atoms with Crippen molar-refractivity contribution < 1.29 is 27.4 Å². The summed E-state index contributed by atoms with van der Waals surface area (Å²) in [6.45, 7) is 3.65. The lowest BCUT2D eigenvalue weighted by atomic mass is 9.74. The van der Waals surface area contributed by atoms with Crippen molar-refractivity contribution in [3.8, 4) is 5.75 Å². The minimum atomic E-state index is -4.83. The van der Waals surface area contributed by atoms with E-state index in [1.807, 2.05) is 18.2 Å². The smallest absolute Gasteiger partial charge is 0.418 e. The SMILES string of the molecule is COc1ccc(F)cc1C(C)(C)CC(O)(CN1CCC(Cc2ccccc2)CC1)C(F)(F)F. The number of alkyl halides is 3. The van der Waals surface area contributed by atoms with Gasteiger partial charge < -0.3 is 14.7 Å². The Balaban J connectivity index is 1.71. The van der Waals surface area contributed by atoms with Gasteiger partial charge in [0.05, 0.1) is 7.11 Å². The van der Waals surface area contributed by atoms with E-state index in [-0.39, 0.29) is 0 Å². The van der Waals surface area contributed by atoms with Crippen LogP contribution >= 0.6 is 0 Å². The van der Waals surface area contributed by atoms with Crippen molar-refractivity contribution in [2.45, 2.75) is 56.7 Å². The maximum Gasteiger partial charge on any atom is 0.418 e. The predicted octanol–water partition coefficient (Wildman–Crippen LogP) is 5.75. The number of nitrogens with zero attached hydrogens (tertiary/aromatic N) is 1. The molecule has 7 heteroatoms. The van der Waals surface area contributed by atoms with E-state index in [1.54, 1.807) is 18.7 Å². The number of β-amino-alcohol motifs (C(OH)–C–C–N with tert-alkyl or cyclic N) is 1. The van der Waals surface area contributed by atoms with E-state index in [0.717, 1.165) is 19.3 Å². The third-order valence-corrected chi connectivity index (χ3v) is 6.71. The Hall–Kier alpha value is -2.12. The van der Waals surface area contributed by atoms with E-state index >= 15 is 0 Å². The van der Waals surface area contributed by atoms with Crippen LogP contribution in [0.25, 0.3) is 0 Å². The maximum atomic E-state index is 14.1. The minimum Gasteiger partial charge on any atom is -0.496 e. The number of ether oxygens (including phenoxy) is 1. The van der Waals surface area contributed by atoms with Gasteiger partial charge in [-0.15, -0.1) is 0 Å². The van der Waals surface area contributed by atoms with Crippen LogP contribution in [0.5, 0.6) is 5.75 Å². The molecule has 1 saturated heterocycles. The average Bonchev–Trinajstić information content (AvgIpc) is 2.75. The highest BCUT2D eigenvalue weighted by atomic mass is 19.4. The van der Waals surface area contributed by atoms with E-state index in [4.69, 9.17) is 4.74 Å². The van der Waals surface area contributed by atoms with Crippen LogP contribution in [0, 0.1) is 11.7 Å². The van der Waals surface area contributed by atoms with Gasteiger partial charge in [-0.25, -0.2) is 4.39 Å². The summed E-state index contributed by atoms with van der Waals surface area (Å²) < 4.78 is 61.6. The summed E-state index contributed by atoms with van der Waals surface area (Å²) in [4.78, 5) is 1.70. The summed E-state index contributed by atoms with van der Waals surface area (Å²) in [5, 5.41) is 10.9. The maximum absolute atomic E-state index is 14.1. The van der Waals surface area contributed by atoms with Gasteiger partial charge in [0.25, 0.3) is 0 Å². The third kappa shape index (κ3) is 6.27. The Bertz CT molecular complexity index is 908. The second-order valence-corrected chi connectivity index (χ2v) is 9.84. The summed E-state index contributed by atoms with van der Waals surface area (Å²) >= 11 is 0. The molecule has 2 aromatic carbocycles. The van der Waals surface area contributed by atoms with Crippen LogP contribution in [0.1, 0.15) is 44.2 Å². The molecule has 1 aliphatic heterocycles. The highest BCUT2D eigenvalue weighted by Gasteiger charge is 2.57. The van der Waals surface area contributed by atoms with Gasteiger partial charge in [-0.3, -0.25) is 0 Å². The molecule has 0 spiro atoms. The Labute approximate surface area is 193 Å². The zero-order valence-electron chi connectivity index (χ0n) is 19.5. The van der Waals surface area contributed by atoms with Gasteiger partial charge in [0.1, 0.15) is 11.6 Å². The number of hydrogen-bond donors (Lipinski definition) is 1. The molecule has 0 radical (unpaired) electrons. The van der Waals surface area contributed by atoms with Gasteiger partial charge in [-0.05, 0) is 73.9 Å². The monoisotopic (exact) mass is 467 g/mol. The van der Waals surface area contributed by atoms with E-state index in [2.05, 4.69) is 12.1 Å². The molecule has 0 saturated carbocycles. The molecule has 1 fully saturated rings. The van der Waals surface area contributed by atoms with Crippen LogP contribution < -0.4 is 4.74 Å². The Morgan fingerprint density at radius 2 is 1.67 bits per heavy atom. The van der Waals surface area contributed by atoms with E-state index < -0.39 is 36.0 Å². The normalized spacial score (nSPS) is 18.2. The predicted molar refractivity (Wildman–Crippen MR) is 121 cm³/mol. The summed E-state index contributed by atoms with van der Waals surface area (Å²) in [7, 11) is 1.39. The van der Waals surface area contributed by atoms with Gasteiger partial charge in [-0.2, -0.15) is 13.2 Å². The molecule has 2 aromatic rings. The topological polar surface area (TPSA) is 32.7 Å². The van der Waals surface area contributed by atoms with Crippen molar-refractivity contribution in [1.82, 2.24) is 4.90 Å². The van der Waals surface area contributed by atoms with Crippen molar-refractivity contribution in [3.63, 3.8) is 0 Å². The van der Waals surface area contributed by atoms with Crippen LogP contribution in [-0.2, 0) is 11.8 Å². The standard InChI is InChI=1S/C26H33F4NO2/c1-24(2,22-16-21(27)9-10-23(22)33-3)17-25(32,26(28,29)30)18-31-13-11-20(12-14-31)15-19-7-5-4-6-8-19/h4-10,16,20,32H,11-15,17-18H2,1-3H3. The highest BCUT2D eigenvalue weighted by Crippen LogP contribution is 2.44. The molecule has 1 atom stereocenters. The molecule has 1 N–H and O–H groups in total. The van der Waals surface area contributed by atoms with Crippen molar-refractivity contribution in [3.05, 3.63) is 65.5 Å². The zero-order valence-corrected chi connectivity index (χ0v) is 19.5. The lowest BCUT2D eigenvalue weighted by Crippen LogP contribution is -2.57. The molecule has 0 bridgehead atoms. The Morgan fingerprint density at radius 3 is 2.24 bits per heavy atom. The fourth-order valence-electron chi connectivity index (χ4n) is 4.95. The molecule has 3 nitrogen and oxygen atoms in total. The minimum absolute atomic E-state index is 0.299. The number of rotatable bonds is 8. The summed E-state index contributed by atoms with van der Waals surface area (Å²) in [6, 6.07) is 13.9. The molecular weight excluding hydrogens is 434 g/mol. The van der Waals surface area contributed by atoms with Crippen molar-refractivity contribution >= 4 is 0 Å². The van der Waals surface area contributed by atoms with Crippen molar-refractivity contribution in [2.24, 2.45) is 5.92 Å². The fraction of sp³-hybridized carbons (Fsp3) is 0.538. The van der Waals surface area contributed by atoms with Gasteiger partial charge >= 0.3 is 6.18 Å². The molecule has 33 heavy (non-hydrogen) atoms. The Kier molecular flexibility index (Phi) is 7.74. The molecule has 0 aliphatic carbocycles. The fourth-order valence-corrected chi connectivity index (χ4v) is 4.95. The first-order chi connectivity index (χ1) is 15.4. The first kappa shape index (κ1) is 25.5. The first-order valence-corrected chi connectivity index (χ1v) is 11.3. The van der Waals surface area contributed by atoms with Gasteiger partial charge in [0, 0.05) is 12.1 Å². The molecule has 1 aliphatic rings. The Morgan fingerprint density at radius 1 is 1.03 bits per heavy atom. The molecular formula is C26H33F4NO2. The number of aliphatic hydroxyl groups is 1. The van der Waals surface area contributed by atoms with Gasteiger partial charge in [0.15, 0.2) is 5.60 Å². The van der Waals surface area contributed by atoms with Crippen molar-refractivity contribution in [1.29, 1.82) is 0 Å². The van der Waals surface area contributed by atoms with Crippen molar-refractivity contribution in [2.75, 3.05) is 26.7 Å². The number of halogens is 4. The number of methoxy groups -OCH3 is 1. The molecule has 182 valence electrons. The first-order valence-electron chi connectivity index (χ1n) is 11.3. The quantitative estimate of drug-likeness (QED) is 0.502. The molecule has 1 unspecified atom stereocenters. The van der Waals surface area contributed by atoms with E-state index in [1.165, 1.54) is 30.9 Å².